The number of hydrogen-bond donors (Lipinski definition) is 0. The van der Waals surface area contributed by atoms with Gasteiger partial charge in [-0.2, -0.15) is 0 Å². The second kappa shape index (κ2) is 5.02. The van der Waals surface area contributed by atoms with E-state index in [4.69, 9.17) is 0 Å². The fourth-order valence-corrected chi connectivity index (χ4v) is 1.72. The summed E-state index contributed by atoms with van der Waals surface area (Å²) in [4.78, 5) is 8.39. The summed E-state index contributed by atoms with van der Waals surface area (Å²) in [5, 5.41) is 0. The van der Waals surface area contributed by atoms with Crippen molar-refractivity contribution >= 4 is 34.6 Å². The van der Waals surface area contributed by atoms with Gasteiger partial charge in [-0.1, -0.05) is 18.2 Å². The molecule has 0 saturated heterocycles. The first kappa shape index (κ1) is 10.3. The Labute approximate surface area is 102 Å². The summed E-state index contributed by atoms with van der Waals surface area (Å²) in [7, 11) is 0. The van der Waals surface area contributed by atoms with Crippen molar-refractivity contribution in [2.45, 2.75) is 0 Å². The summed E-state index contributed by atoms with van der Waals surface area (Å²) >= 11 is 2.28. The molecule has 0 spiro atoms. The SMILES string of the molecule is Ic1cccc(C=Nc2ccccn2)c1. The zero-order valence-electron chi connectivity index (χ0n) is 7.97. The Morgan fingerprint density at radius 3 is 2.80 bits per heavy atom. The van der Waals surface area contributed by atoms with E-state index in [-0.39, 0.29) is 0 Å². The Morgan fingerprint density at radius 1 is 1.13 bits per heavy atom. The highest BCUT2D eigenvalue weighted by molar-refractivity contribution is 14.1. The highest BCUT2D eigenvalue weighted by atomic mass is 127. The molecule has 3 heteroatoms. The normalized spacial score (nSPS) is 10.7. The first-order valence-electron chi connectivity index (χ1n) is 4.55. The second-order valence-electron chi connectivity index (χ2n) is 3.00. The minimum absolute atomic E-state index is 0.733. The van der Waals surface area contributed by atoms with Crippen LogP contribution in [0, 0.1) is 3.57 Å². The molecule has 2 nitrogen and oxygen atoms in total. The maximum Gasteiger partial charge on any atom is 0.151 e. The highest BCUT2D eigenvalue weighted by Crippen LogP contribution is 2.08. The quantitative estimate of drug-likeness (QED) is 0.616. The van der Waals surface area contributed by atoms with E-state index in [0.29, 0.717) is 0 Å². The molecule has 1 aromatic carbocycles. The molecule has 0 unspecified atom stereocenters. The Bertz CT molecular complexity index is 466. The molecule has 0 bridgehead atoms. The average Bonchev–Trinajstić information content (AvgIpc) is 2.28. The van der Waals surface area contributed by atoms with E-state index in [1.807, 2.05) is 36.5 Å². The van der Waals surface area contributed by atoms with Crippen LogP contribution in [0.1, 0.15) is 5.56 Å². The van der Waals surface area contributed by atoms with Gasteiger partial charge in [-0.3, -0.25) is 0 Å². The maximum atomic E-state index is 4.28. The maximum absolute atomic E-state index is 4.28. The van der Waals surface area contributed by atoms with Crippen LogP contribution >= 0.6 is 22.6 Å². The number of aliphatic imine (C=N–C) groups is 1. The zero-order chi connectivity index (χ0) is 10.5. The first-order valence-corrected chi connectivity index (χ1v) is 5.63. The van der Waals surface area contributed by atoms with Crippen molar-refractivity contribution in [3.8, 4) is 0 Å². The summed E-state index contributed by atoms with van der Waals surface area (Å²) in [6.45, 7) is 0. The third-order valence-corrected chi connectivity index (χ3v) is 2.51. The highest BCUT2D eigenvalue weighted by Gasteiger charge is 1.90. The van der Waals surface area contributed by atoms with Crippen molar-refractivity contribution in [1.29, 1.82) is 0 Å². The molecule has 0 radical (unpaired) electrons. The smallest absolute Gasteiger partial charge is 0.151 e. The van der Waals surface area contributed by atoms with Gasteiger partial charge in [0.05, 0.1) is 0 Å². The Kier molecular flexibility index (Phi) is 3.45. The third-order valence-electron chi connectivity index (χ3n) is 1.84. The number of hydrogen-bond acceptors (Lipinski definition) is 2. The Hall–Kier alpha value is -1.23. The number of nitrogens with zero attached hydrogens (tertiary/aromatic N) is 2. The first-order chi connectivity index (χ1) is 7.34. The van der Waals surface area contributed by atoms with Gasteiger partial charge in [-0.25, -0.2) is 9.98 Å². The van der Waals surface area contributed by atoms with Crippen LogP contribution in [0.2, 0.25) is 0 Å². The summed E-state index contributed by atoms with van der Waals surface area (Å²) < 4.78 is 1.21. The van der Waals surface area contributed by atoms with Crippen molar-refractivity contribution in [3.63, 3.8) is 0 Å². The lowest BCUT2D eigenvalue weighted by atomic mass is 10.2. The van der Waals surface area contributed by atoms with E-state index in [9.17, 15) is 0 Å². The molecule has 0 saturated carbocycles. The molecular weight excluding hydrogens is 299 g/mol. The average molecular weight is 308 g/mol. The van der Waals surface area contributed by atoms with Crippen LogP contribution in [-0.2, 0) is 0 Å². The molecule has 0 aliphatic rings. The van der Waals surface area contributed by atoms with Gasteiger partial charge >= 0.3 is 0 Å². The summed E-state index contributed by atoms with van der Waals surface area (Å²) in [5.41, 5.74) is 1.09. The zero-order valence-corrected chi connectivity index (χ0v) is 10.1. The van der Waals surface area contributed by atoms with Crippen molar-refractivity contribution in [2.75, 3.05) is 0 Å². The van der Waals surface area contributed by atoms with E-state index in [0.717, 1.165) is 11.4 Å². The van der Waals surface area contributed by atoms with Gasteiger partial charge in [-0.15, -0.1) is 0 Å². The van der Waals surface area contributed by atoms with Crippen LogP contribution in [0.25, 0.3) is 0 Å². The van der Waals surface area contributed by atoms with Gasteiger partial charge in [0.15, 0.2) is 5.82 Å². The van der Waals surface area contributed by atoms with Crippen LogP contribution in [0.15, 0.2) is 53.7 Å². The summed E-state index contributed by atoms with van der Waals surface area (Å²) in [5.74, 6) is 0.733. The summed E-state index contributed by atoms with van der Waals surface area (Å²) in [6.07, 6.45) is 3.56. The Morgan fingerprint density at radius 2 is 2.07 bits per heavy atom. The predicted molar refractivity (Wildman–Crippen MR) is 70.7 cm³/mol. The minimum atomic E-state index is 0.733. The van der Waals surface area contributed by atoms with Gasteiger partial charge in [-0.05, 0) is 52.4 Å². The van der Waals surface area contributed by atoms with Crippen LogP contribution in [0.4, 0.5) is 5.82 Å². The molecule has 0 fully saturated rings. The molecule has 74 valence electrons. The van der Waals surface area contributed by atoms with E-state index in [2.05, 4.69) is 44.7 Å². The number of halogens is 1. The molecule has 2 rings (SSSR count). The van der Waals surface area contributed by atoms with E-state index >= 15 is 0 Å². The van der Waals surface area contributed by atoms with Crippen LogP contribution in [0.3, 0.4) is 0 Å². The van der Waals surface area contributed by atoms with Gasteiger partial charge in [0.1, 0.15) is 0 Å². The molecule has 2 aromatic rings. The number of aromatic nitrogens is 1. The molecule has 1 aromatic heterocycles. The monoisotopic (exact) mass is 308 g/mol. The minimum Gasteiger partial charge on any atom is -0.237 e. The van der Waals surface area contributed by atoms with Crippen molar-refractivity contribution < 1.29 is 0 Å². The molecule has 0 aliphatic heterocycles. The fraction of sp³-hybridized carbons (Fsp3) is 0. The van der Waals surface area contributed by atoms with Gasteiger partial charge in [0, 0.05) is 16.0 Å². The predicted octanol–water partition coefficient (Wildman–Crippen LogP) is 3.44. The van der Waals surface area contributed by atoms with E-state index in [1.54, 1.807) is 6.20 Å². The van der Waals surface area contributed by atoms with Crippen molar-refractivity contribution in [2.24, 2.45) is 4.99 Å². The standard InChI is InChI=1S/C12H9IN2/c13-11-5-3-4-10(8-11)9-15-12-6-1-2-7-14-12/h1-9H. The largest absolute Gasteiger partial charge is 0.237 e. The van der Waals surface area contributed by atoms with Crippen LogP contribution in [0.5, 0.6) is 0 Å². The van der Waals surface area contributed by atoms with Crippen LogP contribution in [-0.4, -0.2) is 11.2 Å². The lowest BCUT2D eigenvalue weighted by Crippen LogP contribution is -1.81. The van der Waals surface area contributed by atoms with Gasteiger partial charge < -0.3 is 0 Å². The van der Waals surface area contributed by atoms with E-state index in [1.165, 1.54) is 3.57 Å². The molecule has 0 N–H and O–H groups in total. The van der Waals surface area contributed by atoms with Gasteiger partial charge in [0.2, 0.25) is 0 Å². The van der Waals surface area contributed by atoms with Gasteiger partial charge in [0.25, 0.3) is 0 Å². The van der Waals surface area contributed by atoms with Crippen molar-refractivity contribution in [3.05, 3.63) is 57.8 Å². The molecule has 1 heterocycles. The lowest BCUT2D eigenvalue weighted by Gasteiger charge is -1.94. The Balaban J connectivity index is 2.19. The molecule has 0 atom stereocenters. The molecule has 0 aliphatic carbocycles. The second-order valence-corrected chi connectivity index (χ2v) is 4.25. The topological polar surface area (TPSA) is 25.2 Å². The van der Waals surface area contributed by atoms with Crippen LogP contribution < -0.4 is 0 Å². The number of benzene rings is 1. The number of pyridine rings is 1. The van der Waals surface area contributed by atoms with Crippen molar-refractivity contribution in [1.82, 2.24) is 4.98 Å². The fourth-order valence-electron chi connectivity index (χ4n) is 1.16. The number of rotatable bonds is 2. The molecule has 0 amide bonds. The summed E-state index contributed by atoms with van der Waals surface area (Å²) in [6, 6.07) is 13.9. The lowest BCUT2D eigenvalue weighted by molar-refractivity contribution is 1.28. The third kappa shape index (κ3) is 3.13. The molecular formula is C12H9IN2. The van der Waals surface area contributed by atoms with E-state index < -0.39 is 0 Å². The molecule has 15 heavy (non-hydrogen) atoms.